The lowest BCUT2D eigenvalue weighted by atomic mass is 10.2. The van der Waals surface area contributed by atoms with Crippen molar-refractivity contribution in [2.75, 3.05) is 13.2 Å². The largest absolute Gasteiger partial charge is 0.390 e. The summed E-state index contributed by atoms with van der Waals surface area (Å²) in [5.41, 5.74) is 0.733. The number of pyridine rings is 1. The Balaban J connectivity index is 2.27. The Morgan fingerprint density at radius 1 is 1.47 bits per heavy atom. The van der Waals surface area contributed by atoms with Crippen LogP contribution in [0.2, 0.25) is 0 Å². The minimum atomic E-state index is -3.26. The van der Waals surface area contributed by atoms with E-state index in [4.69, 9.17) is 5.11 Å². The number of nitrogens with one attached hydrogen (secondary N) is 1. The van der Waals surface area contributed by atoms with Crippen LogP contribution in [-0.4, -0.2) is 35.1 Å². The van der Waals surface area contributed by atoms with Crippen LogP contribution >= 0.6 is 0 Å². The molecule has 0 atom stereocenters. The molecular formula is C11H14F2N2O2. The van der Waals surface area contributed by atoms with Crippen LogP contribution in [0.5, 0.6) is 0 Å². The Labute approximate surface area is 97.7 Å². The third-order valence-corrected chi connectivity index (χ3v) is 2.11. The molecule has 94 valence electrons. The molecule has 1 amide bonds. The number of hydrogen-bond acceptors (Lipinski definition) is 3. The van der Waals surface area contributed by atoms with Crippen molar-refractivity contribution >= 4 is 5.91 Å². The minimum Gasteiger partial charge on any atom is -0.390 e. The first kappa shape index (κ1) is 13.5. The number of hydrogen-bond donors (Lipinski definition) is 2. The van der Waals surface area contributed by atoms with Gasteiger partial charge >= 0.3 is 0 Å². The lowest BCUT2D eigenvalue weighted by Crippen LogP contribution is -2.39. The Hall–Kier alpha value is -1.56. The predicted molar refractivity (Wildman–Crippen MR) is 57.6 cm³/mol. The summed E-state index contributed by atoms with van der Waals surface area (Å²) in [7, 11) is 0. The molecule has 6 heteroatoms. The van der Waals surface area contributed by atoms with Crippen molar-refractivity contribution in [2.45, 2.75) is 18.8 Å². The number of aryl methyl sites for hydroxylation is 1. The fourth-order valence-electron chi connectivity index (χ4n) is 1.16. The molecule has 1 rings (SSSR count). The van der Waals surface area contributed by atoms with Gasteiger partial charge in [0.1, 0.15) is 6.61 Å². The van der Waals surface area contributed by atoms with Crippen molar-refractivity contribution in [2.24, 2.45) is 0 Å². The maximum absolute atomic E-state index is 12.6. The summed E-state index contributed by atoms with van der Waals surface area (Å²) < 4.78 is 25.2. The Morgan fingerprint density at radius 2 is 2.24 bits per heavy atom. The van der Waals surface area contributed by atoms with Crippen molar-refractivity contribution in [1.82, 2.24) is 10.3 Å². The van der Waals surface area contributed by atoms with Gasteiger partial charge in [-0.25, -0.2) is 8.78 Å². The number of carbonyl (C=O) groups excluding carboxylic acids is 1. The summed E-state index contributed by atoms with van der Waals surface area (Å²) in [5.74, 6) is -3.75. The van der Waals surface area contributed by atoms with Gasteiger partial charge in [-0.2, -0.15) is 0 Å². The molecular weight excluding hydrogens is 230 g/mol. The number of nitrogens with zero attached hydrogens (tertiary/aromatic N) is 1. The van der Waals surface area contributed by atoms with Crippen molar-refractivity contribution in [3.8, 4) is 0 Å². The second-order valence-electron chi connectivity index (χ2n) is 3.61. The Bertz CT molecular complexity index is 358. The Kier molecular flexibility index (Phi) is 4.96. The summed E-state index contributed by atoms with van der Waals surface area (Å²) in [5, 5.41) is 10.4. The SMILES string of the molecule is O=C(CCc1ccccn1)NCC(F)(F)CO. The zero-order valence-corrected chi connectivity index (χ0v) is 9.20. The van der Waals surface area contributed by atoms with E-state index < -0.39 is 25.0 Å². The van der Waals surface area contributed by atoms with Gasteiger partial charge in [0.2, 0.25) is 5.91 Å². The van der Waals surface area contributed by atoms with Gasteiger partial charge in [-0.3, -0.25) is 9.78 Å². The molecule has 0 spiro atoms. The minimum absolute atomic E-state index is 0.0958. The average molecular weight is 244 g/mol. The van der Waals surface area contributed by atoms with Crippen LogP contribution in [0.25, 0.3) is 0 Å². The number of carbonyl (C=O) groups is 1. The number of halogens is 2. The van der Waals surface area contributed by atoms with E-state index in [9.17, 15) is 13.6 Å². The molecule has 17 heavy (non-hydrogen) atoms. The van der Waals surface area contributed by atoms with Gasteiger partial charge in [-0.05, 0) is 18.6 Å². The first-order valence-electron chi connectivity index (χ1n) is 5.19. The van der Waals surface area contributed by atoms with Crippen LogP contribution in [0.15, 0.2) is 24.4 Å². The molecule has 0 aromatic carbocycles. The molecule has 0 radical (unpaired) electrons. The van der Waals surface area contributed by atoms with E-state index in [0.29, 0.717) is 6.42 Å². The molecule has 0 unspecified atom stereocenters. The molecule has 0 fully saturated rings. The molecule has 0 saturated heterocycles. The van der Waals surface area contributed by atoms with Crippen LogP contribution < -0.4 is 5.32 Å². The van der Waals surface area contributed by atoms with Crippen LogP contribution in [-0.2, 0) is 11.2 Å². The maximum Gasteiger partial charge on any atom is 0.287 e. The van der Waals surface area contributed by atoms with Crippen molar-refractivity contribution in [1.29, 1.82) is 0 Å². The lowest BCUT2D eigenvalue weighted by Gasteiger charge is -2.13. The molecule has 1 aromatic heterocycles. The van der Waals surface area contributed by atoms with Crippen molar-refractivity contribution in [3.05, 3.63) is 30.1 Å². The van der Waals surface area contributed by atoms with Gasteiger partial charge < -0.3 is 10.4 Å². The second-order valence-corrected chi connectivity index (χ2v) is 3.61. The molecule has 0 saturated carbocycles. The van der Waals surface area contributed by atoms with E-state index in [0.717, 1.165) is 5.69 Å². The third kappa shape index (κ3) is 5.35. The topological polar surface area (TPSA) is 62.2 Å². The maximum atomic E-state index is 12.6. The average Bonchev–Trinajstić information content (AvgIpc) is 2.35. The van der Waals surface area contributed by atoms with E-state index in [1.807, 2.05) is 0 Å². The lowest BCUT2D eigenvalue weighted by molar-refractivity contribution is -0.124. The van der Waals surface area contributed by atoms with Gasteiger partial charge in [0.25, 0.3) is 5.92 Å². The molecule has 4 nitrogen and oxygen atoms in total. The molecule has 0 aliphatic rings. The van der Waals surface area contributed by atoms with E-state index in [1.165, 1.54) is 0 Å². The fourth-order valence-corrected chi connectivity index (χ4v) is 1.16. The number of amides is 1. The number of rotatable bonds is 6. The number of alkyl halides is 2. The Morgan fingerprint density at radius 3 is 2.82 bits per heavy atom. The smallest absolute Gasteiger partial charge is 0.287 e. The van der Waals surface area contributed by atoms with E-state index in [2.05, 4.69) is 10.3 Å². The quantitative estimate of drug-likeness (QED) is 0.776. The first-order valence-corrected chi connectivity index (χ1v) is 5.19. The van der Waals surface area contributed by atoms with Crippen LogP contribution in [0.1, 0.15) is 12.1 Å². The molecule has 1 aromatic rings. The van der Waals surface area contributed by atoms with Gasteiger partial charge in [0, 0.05) is 18.3 Å². The summed E-state index contributed by atoms with van der Waals surface area (Å²) in [6.07, 6.45) is 2.10. The summed E-state index contributed by atoms with van der Waals surface area (Å²) >= 11 is 0. The first-order chi connectivity index (χ1) is 8.03. The molecule has 1 heterocycles. The highest BCUT2D eigenvalue weighted by molar-refractivity contribution is 5.76. The zero-order valence-electron chi connectivity index (χ0n) is 9.20. The van der Waals surface area contributed by atoms with Gasteiger partial charge in [0.15, 0.2) is 0 Å². The summed E-state index contributed by atoms with van der Waals surface area (Å²) in [6.45, 7) is -2.11. The highest BCUT2D eigenvalue weighted by atomic mass is 19.3. The van der Waals surface area contributed by atoms with Gasteiger partial charge in [-0.15, -0.1) is 0 Å². The number of aromatic nitrogens is 1. The molecule has 2 N–H and O–H groups in total. The van der Waals surface area contributed by atoms with Crippen molar-refractivity contribution < 1.29 is 18.7 Å². The monoisotopic (exact) mass is 244 g/mol. The van der Waals surface area contributed by atoms with E-state index in [-0.39, 0.29) is 6.42 Å². The predicted octanol–water partition coefficient (Wildman–Crippen LogP) is 0.758. The number of aliphatic hydroxyl groups is 1. The van der Waals surface area contributed by atoms with E-state index in [1.54, 1.807) is 24.4 Å². The standard InChI is InChI=1S/C11H14F2N2O2/c12-11(13,8-16)7-15-10(17)5-4-9-3-1-2-6-14-9/h1-3,6,16H,4-5,7-8H2,(H,15,17). The van der Waals surface area contributed by atoms with Gasteiger partial charge in [-0.1, -0.05) is 6.07 Å². The normalized spacial score (nSPS) is 11.2. The van der Waals surface area contributed by atoms with Crippen LogP contribution in [0.4, 0.5) is 8.78 Å². The van der Waals surface area contributed by atoms with Crippen molar-refractivity contribution in [3.63, 3.8) is 0 Å². The highest BCUT2D eigenvalue weighted by Gasteiger charge is 2.27. The summed E-state index contributed by atoms with van der Waals surface area (Å²) in [6, 6.07) is 5.31. The molecule has 0 aliphatic carbocycles. The second kappa shape index (κ2) is 6.24. The highest BCUT2D eigenvalue weighted by Crippen LogP contribution is 2.09. The number of aliphatic hydroxyl groups excluding tert-OH is 1. The van der Waals surface area contributed by atoms with Gasteiger partial charge in [0.05, 0.1) is 6.54 Å². The summed E-state index contributed by atoms with van der Waals surface area (Å²) in [4.78, 5) is 15.2. The van der Waals surface area contributed by atoms with Crippen LogP contribution in [0.3, 0.4) is 0 Å². The third-order valence-electron chi connectivity index (χ3n) is 2.11. The molecule has 0 bridgehead atoms. The van der Waals surface area contributed by atoms with E-state index >= 15 is 0 Å². The molecule has 0 aliphatic heterocycles. The zero-order chi connectivity index (χ0) is 12.7. The fraction of sp³-hybridized carbons (Fsp3) is 0.455. The van der Waals surface area contributed by atoms with Crippen LogP contribution in [0, 0.1) is 0 Å².